The van der Waals surface area contributed by atoms with Gasteiger partial charge < -0.3 is 4.74 Å². The lowest BCUT2D eigenvalue weighted by molar-refractivity contribution is -0.272. The molecule has 0 aliphatic rings. The Balaban J connectivity index is 3.74. The Bertz CT molecular complexity index is 255. The second-order valence-electron chi connectivity index (χ2n) is 2.53. The predicted octanol–water partition coefficient (Wildman–Crippen LogP) is 1.36. The molecular weight excluding hydrogens is 198 g/mol. The molecule has 0 aromatic carbocycles. The lowest BCUT2D eigenvalue weighted by Crippen LogP contribution is -2.11. The minimum absolute atomic E-state index is 0.0473. The maximum absolute atomic E-state index is 11.1. The molecule has 5 nitrogen and oxygen atoms in total. The zero-order valence-corrected chi connectivity index (χ0v) is 8.99. The van der Waals surface area contributed by atoms with Gasteiger partial charge in [-0.05, 0) is 13.3 Å². The fourth-order valence-corrected chi connectivity index (χ4v) is 0.756. The molecule has 0 aromatic heterocycles. The molecule has 0 atom stereocenters. The van der Waals surface area contributed by atoms with E-state index in [1.165, 1.54) is 6.08 Å². The van der Waals surface area contributed by atoms with Crippen LogP contribution >= 0.6 is 0 Å². The summed E-state index contributed by atoms with van der Waals surface area (Å²) < 4.78 is 4.95. The molecule has 0 unspecified atom stereocenters. The van der Waals surface area contributed by atoms with Gasteiger partial charge in [-0.2, -0.15) is 10.1 Å². The van der Waals surface area contributed by atoms with E-state index >= 15 is 0 Å². The van der Waals surface area contributed by atoms with Crippen molar-refractivity contribution in [2.24, 2.45) is 0 Å². The van der Waals surface area contributed by atoms with Crippen molar-refractivity contribution in [1.29, 1.82) is 5.26 Å². The van der Waals surface area contributed by atoms with Crippen LogP contribution in [0.3, 0.4) is 0 Å². The topological polar surface area (TPSA) is 68.6 Å². The van der Waals surface area contributed by atoms with Crippen molar-refractivity contribution in [1.82, 2.24) is 0 Å². The first-order chi connectivity index (χ1) is 7.26. The van der Waals surface area contributed by atoms with Gasteiger partial charge >= 0.3 is 5.97 Å². The maximum Gasteiger partial charge on any atom is 0.383 e. The molecule has 15 heavy (non-hydrogen) atoms. The minimum atomic E-state index is -0.768. The Morgan fingerprint density at radius 2 is 2.13 bits per heavy atom. The lowest BCUT2D eigenvalue weighted by Gasteiger charge is -2.02. The minimum Gasteiger partial charge on any atom is -0.379 e. The number of hydrogen-bond acceptors (Lipinski definition) is 5. The highest BCUT2D eigenvalue weighted by molar-refractivity contribution is 5.92. The summed E-state index contributed by atoms with van der Waals surface area (Å²) in [5.74, 6) is -0.768. The Morgan fingerprint density at radius 3 is 2.67 bits per heavy atom. The summed E-state index contributed by atoms with van der Waals surface area (Å²) in [4.78, 5) is 20.1. The number of carbonyl (C=O) groups is 1. The van der Waals surface area contributed by atoms with Crippen molar-refractivity contribution in [3.63, 3.8) is 0 Å². The molecule has 0 fully saturated rings. The van der Waals surface area contributed by atoms with Gasteiger partial charge in [0, 0.05) is 6.61 Å². The normalized spacial score (nSPS) is 10.9. The SMILES string of the molecule is CCC=C(C#N)C(=O)OOCCOCC. The van der Waals surface area contributed by atoms with Gasteiger partial charge in [0.1, 0.15) is 18.2 Å². The van der Waals surface area contributed by atoms with Crippen LogP contribution in [0.1, 0.15) is 20.3 Å². The van der Waals surface area contributed by atoms with Gasteiger partial charge in [-0.15, -0.1) is 0 Å². The van der Waals surface area contributed by atoms with Gasteiger partial charge in [0.25, 0.3) is 0 Å². The molecule has 0 saturated carbocycles. The first-order valence-corrected chi connectivity index (χ1v) is 4.78. The summed E-state index contributed by atoms with van der Waals surface area (Å²) in [6, 6.07) is 1.73. The van der Waals surface area contributed by atoms with Crippen molar-refractivity contribution < 1.29 is 19.3 Å². The Kier molecular flexibility index (Phi) is 8.34. The molecule has 0 aliphatic heterocycles. The summed E-state index contributed by atoms with van der Waals surface area (Å²) in [5.41, 5.74) is -0.0473. The summed E-state index contributed by atoms with van der Waals surface area (Å²) in [6.45, 7) is 4.76. The van der Waals surface area contributed by atoms with E-state index in [0.29, 0.717) is 19.6 Å². The molecule has 0 bridgehead atoms. The van der Waals surface area contributed by atoms with Crippen molar-refractivity contribution in [2.75, 3.05) is 19.8 Å². The highest BCUT2D eigenvalue weighted by atomic mass is 17.2. The first-order valence-electron chi connectivity index (χ1n) is 4.78. The average Bonchev–Trinajstić information content (AvgIpc) is 2.25. The molecule has 0 rings (SSSR count). The van der Waals surface area contributed by atoms with Crippen molar-refractivity contribution in [2.45, 2.75) is 20.3 Å². The molecular formula is C10H15NO4. The summed E-state index contributed by atoms with van der Waals surface area (Å²) >= 11 is 0. The number of allylic oxidation sites excluding steroid dienone is 1. The molecule has 0 saturated heterocycles. The van der Waals surface area contributed by atoms with E-state index in [9.17, 15) is 4.79 Å². The Labute approximate surface area is 89.2 Å². The molecule has 5 heteroatoms. The van der Waals surface area contributed by atoms with Crippen LogP contribution in [-0.2, 0) is 19.3 Å². The summed E-state index contributed by atoms with van der Waals surface area (Å²) in [6.07, 6.45) is 2.07. The highest BCUT2D eigenvalue weighted by Gasteiger charge is 2.10. The monoisotopic (exact) mass is 213 g/mol. The third-order valence-electron chi connectivity index (χ3n) is 1.40. The van der Waals surface area contributed by atoms with Crippen LogP contribution < -0.4 is 0 Å². The van der Waals surface area contributed by atoms with E-state index in [0.717, 1.165) is 0 Å². The van der Waals surface area contributed by atoms with Crippen LogP contribution in [0.15, 0.2) is 11.6 Å². The maximum atomic E-state index is 11.1. The molecule has 0 spiro atoms. The second-order valence-corrected chi connectivity index (χ2v) is 2.53. The average molecular weight is 213 g/mol. The van der Waals surface area contributed by atoms with Gasteiger partial charge in [-0.25, -0.2) is 4.79 Å². The third-order valence-corrected chi connectivity index (χ3v) is 1.40. The first kappa shape index (κ1) is 13.6. The predicted molar refractivity (Wildman–Crippen MR) is 52.5 cm³/mol. The fourth-order valence-electron chi connectivity index (χ4n) is 0.756. The smallest absolute Gasteiger partial charge is 0.379 e. The molecule has 84 valence electrons. The van der Waals surface area contributed by atoms with Crippen LogP contribution in [-0.4, -0.2) is 25.8 Å². The standard InChI is InChI=1S/C10H15NO4/c1-3-5-9(8-11)10(12)15-14-7-6-13-4-2/h5H,3-4,6-7H2,1-2H3. The zero-order chi connectivity index (χ0) is 11.5. The van der Waals surface area contributed by atoms with E-state index in [1.807, 2.05) is 13.8 Å². The molecule has 0 heterocycles. The van der Waals surface area contributed by atoms with Gasteiger partial charge in [-0.1, -0.05) is 13.0 Å². The fraction of sp³-hybridized carbons (Fsp3) is 0.600. The molecule has 0 amide bonds. The number of rotatable bonds is 7. The van der Waals surface area contributed by atoms with Crippen LogP contribution in [0.5, 0.6) is 0 Å². The number of nitrogens with zero attached hydrogens (tertiary/aromatic N) is 1. The van der Waals surface area contributed by atoms with Crippen molar-refractivity contribution in [3.05, 3.63) is 11.6 Å². The van der Waals surface area contributed by atoms with Gasteiger partial charge in [0.15, 0.2) is 0 Å². The number of hydrogen-bond donors (Lipinski definition) is 0. The lowest BCUT2D eigenvalue weighted by atomic mass is 10.2. The number of carbonyl (C=O) groups excluding carboxylic acids is 1. The van der Waals surface area contributed by atoms with Crippen LogP contribution in [0.4, 0.5) is 0 Å². The Morgan fingerprint density at radius 1 is 1.40 bits per heavy atom. The van der Waals surface area contributed by atoms with Crippen LogP contribution in [0, 0.1) is 11.3 Å². The summed E-state index contributed by atoms with van der Waals surface area (Å²) in [5, 5.41) is 8.57. The van der Waals surface area contributed by atoms with E-state index < -0.39 is 5.97 Å². The molecule has 0 radical (unpaired) electrons. The van der Waals surface area contributed by atoms with Crippen LogP contribution in [0.2, 0.25) is 0 Å². The molecule has 0 N–H and O–H groups in total. The molecule has 0 aliphatic carbocycles. The second kappa shape index (κ2) is 9.19. The molecule has 0 aromatic rings. The quantitative estimate of drug-likeness (QED) is 0.210. The van der Waals surface area contributed by atoms with Gasteiger partial charge in [0.05, 0.1) is 6.61 Å². The third kappa shape index (κ3) is 6.66. The zero-order valence-electron chi connectivity index (χ0n) is 8.99. The van der Waals surface area contributed by atoms with E-state index in [4.69, 9.17) is 10.00 Å². The van der Waals surface area contributed by atoms with Gasteiger partial charge in [-0.3, -0.25) is 4.89 Å². The van der Waals surface area contributed by atoms with E-state index in [2.05, 4.69) is 9.78 Å². The van der Waals surface area contributed by atoms with E-state index in [1.54, 1.807) is 6.07 Å². The number of ether oxygens (including phenoxy) is 1. The van der Waals surface area contributed by atoms with Crippen molar-refractivity contribution >= 4 is 5.97 Å². The number of nitriles is 1. The largest absolute Gasteiger partial charge is 0.383 e. The van der Waals surface area contributed by atoms with E-state index in [-0.39, 0.29) is 12.2 Å². The highest BCUT2D eigenvalue weighted by Crippen LogP contribution is 1.98. The Hall–Kier alpha value is -1.38. The summed E-state index contributed by atoms with van der Waals surface area (Å²) in [7, 11) is 0. The van der Waals surface area contributed by atoms with Crippen LogP contribution in [0.25, 0.3) is 0 Å². The van der Waals surface area contributed by atoms with Gasteiger partial charge in [0.2, 0.25) is 0 Å². The van der Waals surface area contributed by atoms with Crippen molar-refractivity contribution in [3.8, 4) is 6.07 Å².